The predicted octanol–water partition coefficient (Wildman–Crippen LogP) is 1.47. The molecule has 0 radical (unpaired) electrons. The van der Waals surface area contributed by atoms with E-state index in [1.165, 1.54) is 6.33 Å². The summed E-state index contributed by atoms with van der Waals surface area (Å²) < 4.78 is 1.68. The fourth-order valence-electron chi connectivity index (χ4n) is 2.00. The molecule has 0 unspecified atom stereocenters. The molecule has 0 saturated carbocycles. The second-order valence-electron chi connectivity index (χ2n) is 4.35. The van der Waals surface area contributed by atoms with Crippen molar-refractivity contribution in [1.29, 1.82) is 0 Å². The maximum Gasteiger partial charge on any atom is 0.307 e. The number of carbonyl (C=O) groups is 1. The molecule has 0 aliphatic heterocycles. The van der Waals surface area contributed by atoms with Crippen LogP contribution in [0.5, 0.6) is 0 Å². The van der Waals surface area contributed by atoms with Crippen LogP contribution in [0.2, 0.25) is 0 Å². The molecule has 0 fully saturated rings. The molecule has 0 saturated heterocycles. The molecule has 2 heterocycles. The van der Waals surface area contributed by atoms with Gasteiger partial charge in [0.05, 0.1) is 12.1 Å². The van der Waals surface area contributed by atoms with Crippen LogP contribution in [0.3, 0.4) is 0 Å². The summed E-state index contributed by atoms with van der Waals surface area (Å²) in [5.41, 5.74) is 3.19. The summed E-state index contributed by atoms with van der Waals surface area (Å²) in [6.45, 7) is 5.68. The Bertz CT molecular complexity index is 619. The number of hydrogen-bond donors (Lipinski definition) is 1. The molecule has 0 aliphatic rings. The van der Waals surface area contributed by atoms with Crippen LogP contribution < -0.4 is 0 Å². The zero-order chi connectivity index (χ0) is 14.0. The molecule has 6 heteroatoms. The smallest absolute Gasteiger partial charge is 0.307 e. The molecule has 2 rings (SSSR count). The molecular weight excluding hydrogens is 244 g/mol. The lowest BCUT2D eigenvalue weighted by molar-refractivity contribution is -0.136. The quantitative estimate of drug-likeness (QED) is 0.900. The van der Waals surface area contributed by atoms with Crippen molar-refractivity contribution >= 4 is 5.97 Å². The van der Waals surface area contributed by atoms with Crippen LogP contribution in [-0.4, -0.2) is 30.8 Å². The Hall–Kier alpha value is -2.24. The third kappa shape index (κ3) is 2.62. The van der Waals surface area contributed by atoms with Crippen LogP contribution in [-0.2, 0) is 17.6 Å². The molecule has 0 spiro atoms. The first-order chi connectivity index (χ1) is 9.02. The minimum atomic E-state index is -0.859. The Morgan fingerprint density at radius 3 is 2.74 bits per heavy atom. The van der Waals surface area contributed by atoms with E-state index in [9.17, 15) is 4.79 Å². The van der Waals surface area contributed by atoms with E-state index >= 15 is 0 Å². The van der Waals surface area contributed by atoms with Crippen molar-refractivity contribution in [3.63, 3.8) is 0 Å². The minimum absolute atomic E-state index is 0.0244. The number of aliphatic carboxylic acids is 1. The van der Waals surface area contributed by atoms with Gasteiger partial charge in [-0.15, -0.1) is 0 Å². The van der Waals surface area contributed by atoms with E-state index in [-0.39, 0.29) is 6.42 Å². The van der Waals surface area contributed by atoms with Gasteiger partial charge in [-0.2, -0.15) is 5.10 Å². The number of nitrogens with zero attached hydrogens (tertiary/aromatic N) is 4. The number of aromatic nitrogens is 4. The first-order valence-corrected chi connectivity index (χ1v) is 6.11. The largest absolute Gasteiger partial charge is 0.481 e. The van der Waals surface area contributed by atoms with Gasteiger partial charge in [0.25, 0.3) is 0 Å². The highest BCUT2D eigenvalue weighted by Gasteiger charge is 2.16. The summed E-state index contributed by atoms with van der Waals surface area (Å²) in [7, 11) is 0. The highest BCUT2D eigenvalue weighted by molar-refractivity contribution is 5.71. The molecule has 2 aromatic rings. The maximum absolute atomic E-state index is 10.9. The molecule has 1 N–H and O–H groups in total. The van der Waals surface area contributed by atoms with Gasteiger partial charge in [-0.25, -0.2) is 14.6 Å². The minimum Gasteiger partial charge on any atom is -0.481 e. The summed E-state index contributed by atoms with van der Waals surface area (Å²) in [5.74, 6) is -0.188. The molecule has 0 atom stereocenters. The molecule has 19 heavy (non-hydrogen) atoms. The first-order valence-electron chi connectivity index (χ1n) is 6.11. The van der Waals surface area contributed by atoms with Gasteiger partial charge in [0.15, 0.2) is 5.82 Å². The Morgan fingerprint density at radius 2 is 2.11 bits per heavy atom. The van der Waals surface area contributed by atoms with Crippen molar-refractivity contribution in [2.75, 3.05) is 0 Å². The summed E-state index contributed by atoms with van der Waals surface area (Å²) in [4.78, 5) is 19.2. The number of rotatable bonds is 4. The number of aryl methyl sites for hydroxylation is 2. The lowest BCUT2D eigenvalue weighted by atomic mass is 10.1. The Labute approximate surface area is 111 Å². The Kier molecular flexibility index (Phi) is 3.59. The molecule has 0 aromatic carbocycles. The molecule has 0 aliphatic carbocycles. The number of carboxylic acid groups (broad SMARTS) is 1. The topological polar surface area (TPSA) is 80.9 Å². The molecule has 100 valence electrons. The van der Waals surface area contributed by atoms with Gasteiger partial charge >= 0.3 is 5.97 Å². The van der Waals surface area contributed by atoms with Crippen LogP contribution in [0.4, 0.5) is 0 Å². The average molecular weight is 260 g/mol. The summed E-state index contributed by atoms with van der Waals surface area (Å²) in [6, 6.07) is 1.87. The average Bonchev–Trinajstić information content (AvgIpc) is 2.66. The highest BCUT2D eigenvalue weighted by atomic mass is 16.4. The SMILES string of the molecule is CCc1cc(-n2nc(C)c(CC(=O)O)c2C)ncn1. The fraction of sp³-hybridized carbons (Fsp3) is 0.385. The third-order valence-corrected chi connectivity index (χ3v) is 3.06. The molecule has 6 nitrogen and oxygen atoms in total. The summed E-state index contributed by atoms with van der Waals surface area (Å²) >= 11 is 0. The Morgan fingerprint density at radius 1 is 1.37 bits per heavy atom. The maximum atomic E-state index is 10.9. The zero-order valence-electron chi connectivity index (χ0n) is 11.2. The predicted molar refractivity (Wildman–Crippen MR) is 69.3 cm³/mol. The van der Waals surface area contributed by atoms with E-state index in [1.54, 1.807) is 4.68 Å². The Balaban J connectivity index is 2.48. The second kappa shape index (κ2) is 5.17. The zero-order valence-corrected chi connectivity index (χ0v) is 11.2. The first kappa shape index (κ1) is 13.2. The summed E-state index contributed by atoms with van der Waals surface area (Å²) in [6.07, 6.45) is 2.29. The van der Waals surface area contributed by atoms with Gasteiger partial charge in [-0.3, -0.25) is 4.79 Å². The van der Waals surface area contributed by atoms with Gasteiger partial charge in [0.1, 0.15) is 6.33 Å². The highest BCUT2D eigenvalue weighted by Crippen LogP contribution is 2.17. The van der Waals surface area contributed by atoms with Crippen LogP contribution in [0, 0.1) is 13.8 Å². The molecule has 2 aromatic heterocycles. The van der Waals surface area contributed by atoms with E-state index in [2.05, 4.69) is 15.1 Å². The van der Waals surface area contributed by atoms with Gasteiger partial charge in [-0.05, 0) is 20.3 Å². The van der Waals surface area contributed by atoms with E-state index in [1.807, 2.05) is 26.8 Å². The van der Waals surface area contributed by atoms with E-state index in [0.29, 0.717) is 5.82 Å². The van der Waals surface area contributed by atoms with E-state index < -0.39 is 5.97 Å². The van der Waals surface area contributed by atoms with Crippen molar-refractivity contribution in [2.24, 2.45) is 0 Å². The fourth-order valence-corrected chi connectivity index (χ4v) is 2.00. The van der Waals surface area contributed by atoms with Crippen molar-refractivity contribution in [3.05, 3.63) is 35.0 Å². The van der Waals surface area contributed by atoms with Crippen molar-refractivity contribution in [2.45, 2.75) is 33.6 Å². The van der Waals surface area contributed by atoms with Crippen LogP contribution in [0.1, 0.15) is 29.6 Å². The monoisotopic (exact) mass is 260 g/mol. The normalized spacial score (nSPS) is 10.7. The van der Waals surface area contributed by atoms with Gasteiger partial charge in [-0.1, -0.05) is 6.92 Å². The van der Waals surface area contributed by atoms with E-state index in [4.69, 9.17) is 5.11 Å². The lowest BCUT2D eigenvalue weighted by Gasteiger charge is -2.05. The second-order valence-corrected chi connectivity index (χ2v) is 4.35. The van der Waals surface area contributed by atoms with Crippen LogP contribution in [0.15, 0.2) is 12.4 Å². The standard InChI is InChI=1S/C13H16N4O2/c1-4-10-5-12(15-7-14-10)17-9(3)11(6-13(18)19)8(2)16-17/h5,7H,4,6H2,1-3H3,(H,18,19). The van der Waals surface area contributed by atoms with Crippen LogP contribution >= 0.6 is 0 Å². The van der Waals surface area contributed by atoms with Crippen molar-refractivity contribution < 1.29 is 9.90 Å². The molecular formula is C13H16N4O2. The van der Waals surface area contributed by atoms with E-state index in [0.717, 1.165) is 29.1 Å². The van der Waals surface area contributed by atoms with Gasteiger partial charge in [0.2, 0.25) is 0 Å². The van der Waals surface area contributed by atoms with Crippen molar-refractivity contribution in [1.82, 2.24) is 19.7 Å². The van der Waals surface area contributed by atoms with Crippen LogP contribution in [0.25, 0.3) is 5.82 Å². The van der Waals surface area contributed by atoms with Crippen molar-refractivity contribution in [3.8, 4) is 5.82 Å². The van der Waals surface area contributed by atoms with Gasteiger partial charge < -0.3 is 5.11 Å². The lowest BCUT2D eigenvalue weighted by Crippen LogP contribution is -2.05. The van der Waals surface area contributed by atoms with Gasteiger partial charge in [0, 0.05) is 23.0 Å². The third-order valence-electron chi connectivity index (χ3n) is 3.06. The molecule has 0 amide bonds. The molecule has 0 bridgehead atoms. The number of carboxylic acids is 1. The number of hydrogen-bond acceptors (Lipinski definition) is 4. The summed E-state index contributed by atoms with van der Waals surface area (Å²) in [5, 5.41) is 13.3.